The molecule has 1 N–H and O–H groups in total. The quantitative estimate of drug-likeness (QED) is 0.818. The van der Waals surface area contributed by atoms with Crippen LogP contribution in [0.5, 0.6) is 0 Å². The third-order valence-electron chi connectivity index (χ3n) is 2.37. The van der Waals surface area contributed by atoms with E-state index < -0.39 is 0 Å². The molecule has 1 aromatic rings. The smallest absolute Gasteiger partial charge is 0.146 e. The van der Waals surface area contributed by atoms with Crippen LogP contribution in [-0.4, -0.2) is 31.3 Å². The molecule has 0 aliphatic heterocycles. The molecule has 0 spiro atoms. The van der Waals surface area contributed by atoms with Gasteiger partial charge >= 0.3 is 0 Å². The number of nitrogens with one attached hydrogen (secondary N) is 1. The highest BCUT2D eigenvalue weighted by Gasteiger charge is 2.13. The Kier molecular flexibility index (Phi) is 6.40. The summed E-state index contributed by atoms with van der Waals surface area (Å²) in [6.07, 6.45) is 2.98. The zero-order valence-corrected chi connectivity index (χ0v) is 10.9. The molecule has 0 aromatic carbocycles. The molecular weight excluding hydrogens is 243 g/mol. The topological polar surface area (TPSA) is 34.1 Å². The van der Waals surface area contributed by atoms with E-state index in [0.717, 1.165) is 13.0 Å². The fourth-order valence-corrected chi connectivity index (χ4v) is 1.71. The molecule has 3 nitrogen and oxygen atoms in total. The van der Waals surface area contributed by atoms with Gasteiger partial charge < -0.3 is 10.1 Å². The van der Waals surface area contributed by atoms with Crippen LogP contribution in [-0.2, 0) is 11.2 Å². The minimum atomic E-state index is -0.364. The Morgan fingerprint density at radius 3 is 2.94 bits per heavy atom. The highest BCUT2D eigenvalue weighted by Crippen LogP contribution is 2.13. The van der Waals surface area contributed by atoms with Gasteiger partial charge in [0.1, 0.15) is 5.82 Å². The Balaban J connectivity index is 2.64. The summed E-state index contributed by atoms with van der Waals surface area (Å²) in [5.74, 6) is -0.364. The molecule has 0 amide bonds. The summed E-state index contributed by atoms with van der Waals surface area (Å²) in [5, 5.41) is 3.61. The number of aromatic nitrogens is 1. The van der Waals surface area contributed by atoms with Crippen LogP contribution in [0.1, 0.15) is 19.0 Å². The maximum atomic E-state index is 13.6. The van der Waals surface area contributed by atoms with Crippen LogP contribution >= 0.6 is 11.6 Å². The van der Waals surface area contributed by atoms with Crippen molar-refractivity contribution in [3.63, 3.8) is 0 Å². The van der Waals surface area contributed by atoms with Crippen molar-refractivity contribution in [2.24, 2.45) is 0 Å². The Labute approximate surface area is 106 Å². The maximum absolute atomic E-state index is 13.6. The number of methoxy groups -OCH3 is 1. The van der Waals surface area contributed by atoms with E-state index in [0.29, 0.717) is 23.7 Å². The summed E-state index contributed by atoms with van der Waals surface area (Å²) >= 11 is 5.66. The van der Waals surface area contributed by atoms with Crippen LogP contribution < -0.4 is 5.32 Å². The molecule has 0 fully saturated rings. The lowest BCUT2D eigenvalue weighted by Gasteiger charge is -2.17. The minimum Gasteiger partial charge on any atom is -0.383 e. The summed E-state index contributed by atoms with van der Waals surface area (Å²) in [7, 11) is 1.63. The molecule has 0 aliphatic carbocycles. The maximum Gasteiger partial charge on any atom is 0.146 e. The van der Waals surface area contributed by atoms with Crippen molar-refractivity contribution in [2.75, 3.05) is 20.3 Å². The molecule has 1 heterocycles. The molecule has 1 atom stereocenters. The number of ether oxygens (including phenoxy) is 1. The first-order valence-corrected chi connectivity index (χ1v) is 6.07. The summed E-state index contributed by atoms with van der Waals surface area (Å²) < 4.78 is 18.7. The number of nitrogens with zero attached hydrogens (tertiary/aromatic N) is 1. The van der Waals surface area contributed by atoms with Crippen LogP contribution in [0.15, 0.2) is 12.3 Å². The van der Waals surface area contributed by atoms with E-state index in [1.54, 1.807) is 7.11 Å². The lowest BCUT2D eigenvalue weighted by atomic mass is 10.1. The van der Waals surface area contributed by atoms with Crippen molar-refractivity contribution in [3.8, 4) is 0 Å². The zero-order chi connectivity index (χ0) is 12.7. The van der Waals surface area contributed by atoms with Gasteiger partial charge in [0.15, 0.2) is 0 Å². The molecular formula is C12H18ClFN2O. The Morgan fingerprint density at radius 2 is 2.35 bits per heavy atom. The standard InChI is InChI=1S/C12H18ClFN2O/c1-3-4-15-10(8-17-2)6-12-11(14)5-9(13)7-16-12/h5,7,10,15H,3-4,6,8H2,1-2H3. The van der Waals surface area contributed by atoms with Gasteiger partial charge in [-0.3, -0.25) is 4.98 Å². The number of hydrogen-bond donors (Lipinski definition) is 1. The summed E-state index contributed by atoms with van der Waals surface area (Å²) in [6, 6.07) is 1.36. The fourth-order valence-electron chi connectivity index (χ4n) is 1.57. The van der Waals surface area contributed by atoms with Crippen LogP contribution in [0, 0.1) is 5.82 Å². The largest absolute Gasteiger partial charge is 0.383 e. The SMILES string of the molecule is CCCNC(COC)Cc1ncc(Cl)cc1F. The molecule has 0 radical (unpaired) electrons. The van der Waals surface area contributed by atoms with E-state index in [2.05, 4.69) is 17.2 Å². The number of hydrogen-bond acceptors (Lipinski definition) is 3. The highest BCUT2D eigenvalue weighted by atomic mass is 35.5. The van der Waals surface area contributed by atoms with Gasteiger partial charge in [-0.15, -0.1) is 0 Å². The second-order valence-electron chi connectivity index (χ2n) is 3.89. The van der Waals surface area contributed by atoms with E-state index in [9.17, 15) is 4.39 Å². The average Bonchev–Trinajstić information content (AvgIpc) is 2.29. The Bertz CT molecular complexity index is 349. The summed E-state index contributed by atoms with van der Waals surface area (Å²) in [5.41, 5.74) is 0.417. The Morgan fingerprint density at radius 1 is 1.59 bits per heavy atom. The van der Waals surface area contributed by atoms with Crippen LogP contribution in [0.3, 0.4) is 0 Å². The van der Waals surface area contributed by atoms with Gasteiger partial charge in [-0.05, 0) is 19.0 Å². The zero-order valence-electron chi connectivity index (χ0n) is 10.2. The lowest BCUT2D eigenvalue weighted by molar-refractivity contribution is 0.165. The fraction of sp³-hybridized carbons (Fsp3) is 0.583. The normalized spacial score (nSPS) is 12.7. The van der Waals surface area contributed by atoms with Crippen molar-refractivity contribution >= 4 is 11.6 Å². The molecule has 17 heavy (non-hydrogen) atoms. The molecule has 0 saturated carbocycles. The molecule has 0 bridgehead atoms. The van der Waals surface area contributed by atoms with Gasteiger partial charge in [-0.2, -0.15) is 0 Å². The molecule has 0 aliphatic rings. The van der Waals surface area contributed by atoms with Crippen molar-refractivity contribution in [2.45, 2.75) is 25.8 Å². The number of rotatable bonds is 7. The van der Waals surface area contributed by atoms with Crippen molar-refractivity contribution < 1.29 is 9.13 Å². The van der Waals surface area contributed by atoms with E-state index in [1.165, 1.54) is 12.3 Å². The van der Waals surface area contributed by atoms with Crippen molar-refractivity contribution in [3.05, 3.63) is 28.8 Å². The van der Waals surface area contributed by atoms with Gasteiger partial charge in [-0.1, -0.05) is 18.5 Å². The second-order valence-corrected chi connectivity index (χ2v) is 4.33. The predicted octanol–water partition coefficient (Wildman–Crippen LogP) is 2.43. The molecule has 1 unspecified atom stereocenters. The van der Waals surface area contributed by atoms with Crippen LogP contribution in [0.4, 0.5) is 4.39 Å². The first-order chi connectivity index (χ1) is 8.17. The molecule has 1 rings (SSSR count). The molecule has 0 saturated heterocycles. The van der Waals surface area contributed by atoms with Gasteiger partial charge in [0.05, 0.1) is 17.3 Å². The van der Waals surface area contributed by atoms with E-state index in [4.69, 9.17) is 16.3 Å². The van der Waals surface area contributed by atoms with Crippen LogP contribution in [0.25, 0.3) is 0 Å². The monoisotopic (exact) mass is 260 g/mol. The first-order valence-electron chi connectivity index (χ1n) is 5.69. The summed E-state index contributed by atoms with van der Waals surface area (Å²) in [4.78, 5) is 4.01. The van der Waals surface area contributed by atoms with Crippen molar-refractivity contribution in [1.29, 1.82) is 0 Å². The average molecular weight is 261 g/mol. The summed E-state index contributed by atoms with van der Waals surface area (Å²) in [6.45, 7) is 3.49. The lowest BCUT2D eigenvalue weighted by Crippen LogP contribution is -2.36. The molecule has 5 heteroatoms. The van der Waals surface area contributed by atoms with Gasteiger partial charge in [-0.25, -0.2) is 4.39 Å². The van der Waals surface area contributed by atoms with Gasteiger partial charge in [0.25, 0.3) is 0 Å². The molecule has 96 valence electrons. The second kappa shape index (κ2) is 7.58. The van der Waals surface area contributed by atoms with Gasteiger partial charge in [0.2, 0.25) is 0 Å². The van der Waals surface area contributed by atoms with E-state index in [1.807, 2.05) is 0 Å². The number of pyridine rings is 1. The van der Waals surface area contributed by atoms with Gasteiger partial charge in [0, 0.05) is 25.8 Å². The number of halogens is 2. The minimum absolute atomic E-state index is 0.0723. The van der Waals surface area contributed by atoms with Crippen LogP contribution in [0.2, 0.25) is 5.02 Å². The molecule has 1 aromatic heterocycles. The van der Waals surface area contributed by atoms with Crippen molar-refractivity contribution in [1.82, 2.24) is 10.3 Å². The van der Waals surface area contributed by atoms with E-state index in [-0.39, 0.29) is 11.9 Å². The highest BCUT2D eigenvalue weighted by molar-refractivity contribution is 6.30. The third kappa shape index (κ3) is 4.98. The predicted molar refractivity (Wildman–Crippen MR) is 66.9 cm³/mol. The first kappa shape index (κ1) is 14.4. The third-order valence-corrected chi connectivity index (χ3v) is 2.58. The van der Waals surface area contributed by atoms with E-state index >= 15 is 0 Å². The Hall–Kier alpha value is -0.710.